The zero-order chi connectivity index (χ0) is 42.4. The fourth-order valence-electron chi connectivity index (χ4n) is 6.67. The van der Waals surface area contributed by atoms with Gasteiger partial charge in [0.05, 0.1) is 0 Å². The Morgan fingerprint density at radius 3 is 1.53 bits per heavy atom. The Balaban J connectivity index is 1.14. The second-order valence-electron chi connectivity index (χ2n) is 14.3. The number of Topliss-reactive ketones (excluding diaryl/α,β-unsaturated/α-hetero) is 1. The molecule has 0 amide bonds. The van der Waals surface area contributed by atoms with E-state index in [1.54, 1.807) is 36.4 Å². The van der Waals surface area contributed by atoms with E-state index in [4.69, 9.17) is 28.4 Å². The van der Waals surface area contributed by atoms with Gasteiger partial charge in [-0.15, -0.1) is 0 Å². The Labute approximate surface area is 339 Å². The predicted molar refractivity (Wildman–Crippen MR) is 208 cm³/mol. The molecule has 0 radical (unpaired) electrons. The van der Waals surface area contributed by atoms with Crippen LogP contribution < -0.4 is 0 Å². The minimum absolute atomic E-state index is 0.113. The first-order valence-corrected chi connectivity index (χ1v) is 18.9. The number of benzene rings is 2. The molecule has 2 spiro atoms. The van der Waals surface area contributed by atoms with Crippen molar-refractivity contribution >= 4 is 46.8 Å². The average Bonchev–Trinajstić information content (AvgIpc) is 3.19. The van der Waals surface area contributed by atoms with Crippen LogP contribution in [-0.2, 0) is 57.2 Å². The maximum atomic E-state index is 13.3. The Morgan fingerprint density at radius 1 is 0.678 bits per heavy atom. The quantitative estimate of drug-likeness (QED) is 0.0869. The van der Waals surface area contributed by atoms with Gasteiger partial charge in [0.2, 0.25) is 0 Å². The third-order valence-corrected chi connectivity index (χ3v) is 9.98. The molecule has 2 aromatic carbocycles. The van der Waals surface area contributed by atoms with E-state index in [9.17, 15) is 39.0 Å². The molecule has 2 atom stereocenters. The fourth-order valence-corrected chi connectivity index (χ4v) is 6.67. The Hall–Kier alpha value is -6.80. The lowest BCUT2D eigenvalue weighted by atomic mass is 9.87. The average molecular weight is 807 g/mol. The van der Waals surface area contributed by atoms with Crippen LogP contribution in [-0.4, -0.2) is 69.3 Å². The van der Waals surface area contributed by atoms with E-state index in [-0.39, 0.29) is 49.7 Å². The molecule has 2 saturated heterocycles. The van der Waals surface area contributed by atoms with Gasteiger partial charge in [-0.1, -0.05) is 91.0 Å². The number of rotatable bonds is 11. The van der Waals surface area contributed by atoms with E-state index in [1.807, 2.05) is 49.4 Å². The number of carbonyl (C=O) groups is 6. The van der Waals surface area contributed by atoms with Gasteiger partial charge < -0.3 is 38.6 Å². The lowest BCUT2D eigenvalue weighted by molar-refractivity contribution is -0.291. The molecule has 2 aromatic rings. The molecule has 3 fully saturated rings. The summed E-state index contributed by atoms with van der Waals surface area (Å²) in [6, 6.07) is 18.1. The number of aliphatic hydroxyl groups is 2. The van der Waals surface area contributed by atoms with Gasteiger partial charge in [0.15, 0.2) is 5.78 Å². The summed E-state index contributed by atoms with van der Waals surface area (Å²) in [4.78, 5) is 77.7. The fraction of sp³-hybridized carbons (Fsp3) is 0.289. The summed E-state index contributed by atoms with van der Waals surface area (Å²) in [6.45, 7) is 4.53. The molecular formula is C45H42O14. The van der Waals surface area contributed by atoms with Gasteiger partial charge in [0.25, 0.3) is 23.3 Å². The van der Waals surface area contributed by atoms with Crippen molar-refractivity contribution in [3.05, 3.63) is 143 Å². The summed E-state index contributed by atoms with van der Waals surface area (Å²) in [5, 5.41) is 20.1. The lowest BCUT2D eigenvalue weighted by Crippen LogP contribution is -2.56. The number of carbonyl (C=O) groups excluding carboxylic acids is 6. The summed E-state index contributed by atoms with van der Waals surface area (Å²) < 4.78 is 33.5. The smallest absolute Gasteiger partial charge is 0.348 e. The van der Waals surface area contributed by atoms with Crippen LogP contribution in [0.5, 0.6) is 0 Å². The number of hydrogen-bond donors (Lipinski definition) is 2. The zero-order valence-electron chi connectivity index (χ0n) is 32.5. The second-order valence-corrected chi connectivity index (χ2v) is 14.3. The van der Waals surface area contributed by atoms with Crippen molar-refractivity contribution in [2.45, 2.75) is 82.8 Å². The highest BCUT2D eigenvalue weighted by atomic mass is 16.8. The topological polar surface area (TPSA) is 198 Å². The van der Waals surface area contributed by atoms with Crippen LogP contribution in [0.1, 0.15) is 70.4 Å². The molecule has 1 aliphatic carbocycles. The van der Waals surface area contributed by atoms with Gasteiger partial charge >= 0.3 is 29.8 Å². The maximum Gasteiger partial charge on any atom is 0.348 e. The molecule has 59 heavy (non-hydrogen) atoms. The van der Waals surface area contributed by atoms with Crippen molar-refractivity contribution < 1.29 is 67.4 Å². The van der Waals surface area contributed by atoms with Gasteiger partial charge in [-0.25, -0.2) is 24.0 Å². The van der Waals surface area contributed by atoms with Crippen LogP contribution in [0.25, 0.3) is 11.1 Å². The van der Waals surface area contributed by atoms with Crippen molar-refractivity contribution in [1.29, 1.82) is 0 Å². The summed E-state index contributed by atoms with van der Waals surface area (Å²) >= 11 is 0. The van der Waals surface area contributed by atoms with E-state index in [0.717, 1.165) is 11.1 Å². The van der Waals surface area contributed by atoms with E-state index in [0.29, 0.717) is 11.1 Å². The van der Waals surface area contributed by atoms with Crippen molar-refractivity contribution in [3.8, 4) is 0 Å². The Bertz CT molecular complexity index is 2200. The highest BCUT2D eigenvalue weighted by molar-refractivity contribution is 6.16. The van der Waals surface area contributed by atoms with E-state index >= 15 is 0 Å². The second kappa shape index (κ2) is 17.4. The molecule has 4 aliphatic rings. The van der Waals surface area contributed by atoms with Crippen molar-refractivity contribution in [3.63, 3.8) is 0 Å². The third kappa shape index (κ3) is 9.67. The molecule has 14 nitrogen and oxygen atoms in total. The predicted octanol–water partition coefficient (Wildman–Crippen LogP) is 6.09. The van der Waals surface area contributed by atoms with Gasteiger partial charge in [-0.2, -0.15) is 0 Å². The van der Waals surface area contributed by atoms with Crippen molar-refractivity contribution in [2.24, 2.45) is 0 Å². The molecule has 1 saturated carbocycles. The molecule has 306 valence electrons. The molecule has 2 N–H and O–H groups in total. The van der Waals surface area contributed by atoms with Gasteiger partial charge in [0.1, 0.15) is 22.8 Å². The number of hydrogen-bond acceptors (Lipinski definition) is 14. The molecule has 3 aliphatic heterocycles. The first-order chi connectivity index (χ1) is 28.1. The minimum atomic E-state index is -1.69. The zero-order valence-corrected chi connectivity index (χ0v) is 32.5. The largest absolute Gasteiger partial charge is 0.480 e. The van der Waals surface area contributed by atoms with Crippen LogP contribution in [0.2, 0.25) is 0 Å². The van der Waals surface area contributed by atoms with Crippen molar-refractivity contribution in [1.82, 2.24) is 0 Å². The summed E-state index contributed by atoms with van der Waals surface area (Å²) in [7, 11) is 0. The molecule has 14 heteroatoms. The van der Waals surface area contributed by atoms with Gasteiger partial charge in [-0.3, -0.25) is 4.79 Å². The first-order valence-electron chi connectivity index (χ1n) is 18.9. The van der Waals surface area contributed by atoms with Crippen LogP contribution in [0, 0.1) is 0 Å². The normalized spacial score (nSPS) is 25.7. The van der Waals surface area contributed by atoms with Crippen LogP contribution in [0.15, 0.2) is 132 Å². The minimum Gasteiger partial charge on any atom is -0.480 e. The molecule has 2 unspecified atom stereocenters. The SMILES string of the molecule is C/C=C/C(=C/C=C1C(=O)OC2(CCC3(CC2)OC(=O)C(=CC=C(C=CC2=C(O)OC(C)(CCC(=O)C(C)O)OC2=O)c2ccccc2)C(=O)O3)OC1=O)c1ccccc1. The Kier molecular flexibility index (Phi) is 12.3. The van der Waals surface area contributed by atoms with E-state index in [1.165, 1.54) is 44.2 Å². The van der Waals surface area contributed by atoms with Crippen LogP contribution >= 0.6 is 0 Å². The van der Waals surface area contributed by atoms with Gasteiger partial charge in [0, 0.05) is 45.4 Å². The Morgan fingerprint density at radius 2 is 1.12 bits per heavy atom. The van der Waals surface area contributed by atoms with Crippen LogP contribution in [0.4, 0.5) is 0 Å². The molecule has 0 bridgehead atoms. The maximum absolute atomic E-state index is 13.3. The molecule has 0 aromatic heterocycles. The van der Waals surface area contributed by atoms with Crippen LogP contribution in [0.3, 0.4) is 0 Å². The van der Waals surface area contributed by atoms with E-state index in [2.05, 4.69) is 0 Å². The first kappa shape index (κ1) is 41.8. The summed E-state index contributed by atoms with van der Waals surface area (Å²) in [6.07, 6.45) is 9.91. The summed E-state index contributed by atoms with van der Waals surface area (Å²) in [5.41, 5.74) is 1.53. The van der Waals surface area contributed by atoms with E-state index < -0.39 is 70.6 Å². The highest BCUT2D eigenvalue weighted by Crippen LogP contribution is 2.45. The lowest BCUT2D eigenvalue weighted by Gasteiger charge is -2.46. The number of aliphatic hydroxyl groups excluding tert-OH is 2. The molecular weight excluding hydrogens is 764 g/mol. The number of ketones is 1. The number of ether oxygens (including phenoxy) is 6. The number of cyclic esters (lactones) is 1. The molecule has 6 rings (SSSR count). The monoisotopic (exact) mass is 806 g/mol. The standard InChI is InChI=1S/C45H42O14/c1-4-11-29(30-12-7-5-8-13-30)16-19-34-39(50)56-44(57-40(34)51)24-26-45(27-25-44)58-41(52)35(42(53)59-45)21-18-32(31-14-9-6-10-15-31)17-20-33-37(48)54-43(3,55-38(33)49)23-22-36(47)28(2)46/h4-21,28,46,48H,22-27H2,1-3H3/b11-4+,20-17?,29-16-,32-18?,34-19?,35-21?. The van der Waals surface area contributed by atoms with Gasteiger partial charge in [-0.05, 0) is 54.3 Å². The van der Waals surface area contributed by atoms with Crippen molar-refractivity contribution in [2.75, 3.05) is 0 Å². The number of esters is 5. The summed E-state index contributed by atoms with van der Waals surface area (Å²) in [5.74, 6) is -10.9. The highest BCUT2D eigenvalue weighted by Gasteiger charge is 2.56. The third-order valence-electron chi connectivity index (χ3n) is 9.98. The number of allylic oxidation sites excluding steroid dienone is 9. The molecule has 3 heterocycles.